The fourth-order valence-corrected chi connectivity index (χ4v) is 3.93. The lowest BCUT2D eigenvalue weighted by Gasteiger charge is -2.25. The summed E-state index contributed by atoms with van der Waals surface area (Å²) in [6, 6.07) is 14.9. The first-order valence-electron chi connectivity index (χ1n) is 10.8. The van der Waals surface area contributed by atoms with Crippen molar-refractivity contribution in [3.8, 4) is 17.2 Å². The molecule has 0 saturated carbocycles. The Balaban J connectivity index is 2.17. The number of phenols is 1. The maximum atomic E-state index is 11.7. The van der Waals surface area contributed by atoms with Crippen LogP contribution in [0.1, 0.15) is 44.9 Å². The summed E-state index contributed by atoms with van der Waals surface area (Å²) in [7, 11) is 0. The van der Waals surface area contributed by atoms with E-state index in [1.165, 1.54) is 0 Å². The molecular weight excluding hydrogens is 428 g/mol. The quantitative estimate of drug-likeness (QED) is 0.205. The van der Waals surface area contributed by atoms with Crippen molar-refractivity contribution < 1.29 is 24.2 Å². The zero-order valence-corrected chi connectivity index (χ0v) is 19.8. The molecular formula is C29H28O5. The van der Waals surface area contributed by atoms with E-state index in [1.807, 2.05) is 58.0 Å². The van der Waals surface area contributed by atoms with Gasteiger partial charge in [0.1, 0.15) is 17.2 Å². The largest absolute Gasteiger partial charge is 0.508 e. The summed E-state index contributed by atoms with van der Waals surface area (Å²) in [5.74, 6) is -0.0646. The van der Waals surface area contributed by atoms with E-state index in [-0.39, 0.29) is 11.7 Å². The lowest BCUT2D eigenvalue weighted by molar-refractivity contribution is -0.129. The topological polar surface area (TPSA) is 72.8 Å². The zero-order valence-electron chi connectivity index (χ0n) is 19.8. The normalized spacial score (nSPS) is 11.4. The number of hydrogen-bond donors (Lipinski definition) is 1. The lowest BCUT2D eigenvalue weighted by Crippen LogP contribution is -2.10. The number of esters is 2. The van der Waals surface area contributed by atoms with Crippen molar-refractivity contribution in [3.05, 3.63) is 113 Å². The first-order chi connectivity index (χ1) is 16.1. The van der Waals surface area contributed by atoms with Gasteiger partial charge in [0, 0.05) is 18.1 Å². The summed E-state index contributed by atoms with van der Waals surface area (Å²) in [5, 5.41) is 10.2. The van der Waals surface area contributed by atoms with Gasteiger partial charge in [-0.1, -0.05) is 37.4 Å². The number of hydrogen-bond acceptors (Lipinski definition) is 5. The van der Waals surface area contributed by atoms with Gasteiger partial charge in [0.2, 0.25) is 0 Å². The Morgan fingerprint density at radius 3 is 1.88 bits per heavy atom. The number of carbonyl (C=O) groups excluding carboxylic acids is 2. The van der Waals surface area contributed by atoms with Gasteiger partial charge in [0.05, 0.1) is 0 Å². The lowest BCUT2D eigenvalue weighted by atomic mass is 9.80. The van der Waals surface area contributed by atoms with E-state index in [9.17, 15) is 14.7 Å². The number of aromatic hydroxyl groups is 1. The molecule has 5 nitrogen and oxygen atoms in total. The van der Waals surface area contributed by atoms with Gasteiger partial charge in [-0.25, -0.2) is 9.59 Å². The third kappa shape index (κ3) is 5.26. The second-order valence-electron chi connectivity index (χ2n) is 8.22. The van der Waals surface area contributed by atoms with E-state index in [2.05, 4.69) is 13.2 Å². The molecule has 0 fully saturated rings. The van der Waals surface area contributed by atoms with Gasteiger partial charge in [-0.05, 0) is 90.9 Å². The molecule has 174 valence electrons. The molecule has 0 heterocycles. The van der Waals surface area contributed by atoms with Crippen molar-refractivity contribution in [1.82, 2.24) is 0 Å². The van der Waals surface area contributed by atoms with Crippen LogP contribution in [0.5, 0.6) is 17.2 Å². The molecule has 0 aliphatic carbocycles. The van der Waals surface area contributed by atoms with E-state index in [4.69, 9.17) is 9.47 Å². The molecule has 3 rings (SSSR count). The number of rotatable bonds is 7. The zero-order chi connectivity index (χ0) is 25.0. The van der Waals surface area contributed by atoms with Gasteiger partial charge in [-0.3, -0.25) is 0 Å². The summed E-state index contributed by atoms with van der Waals surface area (Å²) in [6.45, 7) is 14.6. The molecule has 1 unspecified atom stereocenters. The highest BCUT2D eigenvalue weighted by atomic mass is 16.5. The Bertz CT molecular complexity index is 1270. The molecule has 1 atom stereocenters. The number of aryl methyl sites for hydroxylation is 4. The molecule has 3 aromatic carbocycles. The van der Waals surface area contributed by atoms with Crippen LogP contribution in [-0.2, 0) is 9.59 Å². The molecule has 0 aliphatic rings. The minimum Gasteiger partial charge on any atom is -0.508 e. The average Bonchev–Trinajstić information content (AvgIpc) is 2.81. The molecule has 0 aromatic heterocycles. The van der Waals surface area contributed by atoms with Crippen LogP contribution in [-0.4, -0.2) is 17.0 Å². The van der Waals surface area contributed by atoms with Gasteiger partial charge in [-0.2, -0.15) is 0 Å². The van der Waals surface area contributed by atoms with E-state index in [0.29, 0.717) is 11.5 Å². The minimum absolute atomic E-state index is 0.175. The van der Waals surface area contributed by atoms with Gasteiger partial charge in [0.15, 0.2) is 0 Å². The molecule has 1 N–H and O–H groups in total. The van der Waals surface area contributed by atoms with Crippen LogP contribution in [0, 0.1) is 27.7 Å². The molecule has 5 heteroatoms. The Hall–Kier alpha value is -4.12. The van der Waals surface area contributed by atoms with Gasteiger partial charge in [-0.15, -0.1) is 0 Å². The third-order valence-electron chi connectivity index (χ3n) is 5.75. The molecule has 0 amide bonds. The Labute approximate surface area is 200 Å². The van der Waals surface area contributed by atoms with Crippen LogP contribution >= 0.6 is 0 Å². The van der Waals surface area contributed by atoms with Crippen LogP contribution < -0.4 is 9.47 Å². The number of ether oxygens (including phenoxy) is 2. The monoisotopic (exact) mass is 456 g/mol. The van der Waals surface area contributed by atoms with Gasteiger partial charge in [0.25, 0.3) is 0 Å². The molecule has 0 saturated heterocycles. The van der Waals surface area contributed by atoms with Crippen LogP contribution in [0.3, 0.4) is 0 Å². The molecule has 0 bridgehead atoms. The fourth-order valence-electron chi connectivity index (χ4n) is 3.93. The van der Waals surface area contributed by atoms with E-state index in [1.54, 1.807) is 18.2 Å². The SMILES string of the molecule is C=CC(=O)Oc1ccc(C(c2cc(C)c(O)cc2C)c2cc(C)c(OC(=O)C=C)cc2C)cc1. The molecule has 0 spiro atoms. The van der Waals surface area contributed by atoms with Crippen molar-refractivity contribution in [2.45, 2.75) is 33.6 Å². The Morgan fingerprint density at radius 1 is 0.765 bits per heavy atom. The number of phenolic OH excluding ortho intramolecular Hbond substituents is 1. The Morgan fingerprint density at radius 2 is 1.29 bits per heavy atom. The number of carbonyl (C=O) groups is 2. The summed E-state index contributed by atoms with van der Waals surface area (Å²) in [6.07, 6.45) is 2.25. The predicted octanol–water partition coefficient (Wildman–Crippen LogP) is 5.99. The first kappa shape index (κ1) is 24.5. The minimum atomic E-state index is -0.523. The average molecular weight is 457 g/mol. The highest BCUT2D eigenvalue weighted by Crippen LogP contribution is 2.40. The first-order valence-corrected chi connectivity index (χ1v) is 10.8. The molecule has 34 heavy (non-hydrogen) atoms. The Kier molecular flexibility index (Phi) is 7.37. The standard InChI is InChI=1S/C29H28O5/c1-7-27(31)33-22-11-9-21(10-12-22)29(23-13-19(5)25(30)15-17(23)3)24-14-20(6)26(16-18(24)4)34-28(32)8-2/h7-16,29-30H,1-2H2,3-6H3. The highest BCUT2D eigenvalue weighted by molar-refractivity contribution is 5.84. The van der Waals surface area contributed by atoms with Crippen molar-refractivity contribution in [1.29, 1.82) is 0 Å². The smallest absolute Gasteiger partial charge is 0.335 e. The van der Waals surface area contributed by atoms with Crippen molar-refractivity contribution in [3.63, 3.8) is 0 Å². The van der Waals surface area contributed by atoms with Crippen LogP contribution in [0.2, 0.25) is 0 Å². The van der Waals surface area contributed by atoms with Crippen LogP contribution in [0.15, 0.2) is 73.8 Å². The molecule has 0 aliphatic heterocycles. The number of benzene rings is 3. The summed E-state index contributed by atoms with van der Waals surface area (Å²) in [4.78, 5) is 23.3. The van der Waals surface area contributed by atoms with Crippen molar-refractivity contribution in [2.75, 3.05) is 0 Å². The third-order valence-corrected chi connectivity index (χ3v) is 5.75. The van der Waals surface area contributed by atoms with E-state index in [0.717, 1.165) is 51.1 Å². The highest BCUT2D eigenvalue weighted by Gasteiger charge is 2.23. The van der Waals surface area contributed by atoms with Crippen LogP contribution in [0.4, 0.5) is 0 Å². The molecule has 0 radical (unpaired) electrons. The van der Waals surface area contributed by atoms with Gasteiger partial charge >= 0.3 is 11.9 Å². The van der Waals surface area contributed by atoms with Crippen molar-refractivity contribution in [2.24, 2.45) is 0 Å². The maximum Gasteiger partial charge on any atom is 0.335 e. The van der Waals surface area contributed by atoms with Gasteiger partial charge < -0.3 is 14.6 Å². The maximum absolute atomic E-state index is 11.7. The second kappa shape index (κ2) is 10.2. The predicted molar refractivity (Wildman–Crippen MR) is 133 cm³/mol. The second-order valence-corrected chi connectivity index (χ2v) is 8.22. The van der Waals surface area contributed by atoms with E-state index < -0.39 is 11.9 Å². The molecule has 3 aromatic rings. The van der Waals surface area contributed by atoms with Crippen molar-refractivity contribution >= 4 is 11.9 Å². The van der Waals surface area contributed by atoms with E-state index >= 15 is 0 Å². The summed E-state index contributed by atoms with van der Waals surface area (Å²) >= 11 is 0. The summed E-state index contributed by atoms with van der Waals surface area (Å²) in [5.41, 5.74) is 6.50. The van der Waals surface area contributed by atoms with Crippen LogP contribution in [0.25, 0.3) is 0 Å². The fraction of sp³-hybridized carbons (Fsp3) is 0.172. The summed E-state index contributed by atoms with van der Waals surface area (Å²) < 4.78 is 10.6.